The molecule has 3 heterocycles. The van der Waals surface area contributed by atoms with Crippen molar-refractivity contribution in [1.29, 1.82) is 0 Å². The third-order valence-electron chi connectivity index (χ3n) is 4.77. The van der Waals surface area contributed by atoms with Crippen LogP contribution in [0.4, 0.5) is 10.5 Å². The van der Waals surface area contributed by atoms with E-state index in [0.717, 1.165) is 57.9 Å². The molecule has 1 aromatic rings. The van der Waals surface area contributed by atoms with Crippen LogP contribution in [0.15, 0.2) is 24.5 Å². The van der Waals surface area contributed by atoms with Crippen LogP contribution in [0, 0.1) is 5.41 Å². The van der Waals surface area contributed by atoms with Gasteiger partial charge in [0, 0.05) is 51.9 Å². The number of carbonyl (C=O) groups excluding carboxylic acids is 1. The molecule has 0 bridgehead atoms. The van der Waals surface area contributed by atoms with Crippen LogP contribution >= 0.6 is 0 Å². The summed E-state index contributed by atoms with van der Waals surface area (Å²) in [6.07, 6.45) is 5.83. The number of likely N-dealkylation sites (tertiary alicyclic amines) is 1. The molecule has 0 radical (unpaired) electrons. The number of piperidine rings is 1. The summed E-state index contributed by atoms with van der Waals surface area (Å²) in [4.78, 5) is 22.6. The van der Waals surface area contributed by atoms with E-state index in [2.05, 4.69) is 16.0 Å². The summed E-state index contributed by atoms with van der Waals surface area (Å²) < 4.78 is 5.91. The minimum Gasteiger partial charge on any atom is -0.379 e. The van der Waals surface area contributed by atoms with Crippen LogP contribution in [0.25, 0.3) is 0 Å². The quantitative estimate of drug-likeness (QED) is 0.790. The molecule has 0 aromatic carbocycles. The van der Waals surface area contributed by atoms with E-state index in [1.807, 2.05) is 31.3 Å². The highest BCUT2D eigenvalue weighted by Crippen LogP contribution is 2.34. The second kappa shape index (κ2) is 6.74. The fraction of sp³-hybridized carbons (Fsp3) is 0.647. The van der Waals surface area contributed by atoms with Gasteiger partial charge in [0.1, 0.15) is 0 Å². The number of rotatable bonds is 1. The fourth-order valence-corrected chi connectivity index (χ4v) is 3.66. The van der Waals surface area contributed by atoms with E-state index in [1.54, 1.807) is 11.1 Å². The first kappa shape index (κ1) is 16.1. The molecule has 0 aliphatic carbocycles. The van der Waals surface area contributed by atoms with Gasteiger partial charge in [-0.25, -0.2) is 4.79 Å². The highest BCUT2D eigenvalue weighted by molar-refractivity contribution is 5.74. The summed E-state index contributed by atoms with van der Waals surface area (Å²) in [6.45, 7) is 4.83. The number of nitrogens with zero attached hydrogens (tertiary/aromatic N) is 4. The lowest BCUT2D eigenvalue weighted by Gasteiger charge is -2.44. The number of aromatic nitrogens is 1. The van der Waals surface area contributed by atoms with Crippen LogP contribution in [-0.4, -0.2) is 74.3 Å². The smallest absolute Gasteiger partial charge is 0.319 e. The monoisotopic (exact) mass is 318 g/mol. The molecule has 1 unspecified atom stereocenters. The van der Waals surface area contributed by atoms with Crippen molar-refractivity contribution in [3.63, 3.8) is 0 Å². The molecule has 2 saturated heterocycles. The van der Waals surface area contributed by atoms with Gasteiger partial charge in [0.15, 0.2) is 0 Å². The molecule has 23 heavy (non-hydrogen) atoms. The lowest BCUT2D eigenvalue weighted by atomic mass is 9.80. The normalized spacial score (nSPS) is 25.3. The first-order valence-electron chi connectivity index (χ1n) is 8.29. The van der Waals surface area contributed by atoms with Gasteiger partial charge in [-0.05, 0) is 25.0 Å². The van der Waals surface area contributed by atoms with Crippen molar-refractivity contribution in [1.82, 2.24) is 14.8 Å². The lowest BCUT2D eigenvalue weighted by molar-refractivity contribution is 0.0210. The predicted molar refractivity (Wildman–Crippen MR) is 89.6 cm³/mol. The predicted octanol–water partition coefficient (Wildman–Crippen LogP) is 1.68. The van der Waals surface area contributed by atoms with E-state index < -0.39 is 0 Å². The number of carbonyl (C=O) groups is 1. The van der Waals surface area contributed by atoms with Gasteiger partial charge in [-0.3, -0.25) is 4.98 Å². The molecule has 126 valence electrons. The Hall–Kier alpha value is -1.82. The van der Waals surface area contributed by atoms with E-state index in [1.165, 1.54) is 0 Å². The van der Waals surface area contributed by atoms with Crippen molar-refractivity contribution in [3.05, 3.63) is 24.5 Å². The highest BCUT2D eigenvalue weighted by Gasteiger charge is 2.40. The largest absolute Gasteiger partial charge is 0.379 e. The Morgan fingerprint density at radius 3 is 2.96 bits per heavy atom. The molecule has 6 nitrogen and oxygen atoms in total. The zero-order chi connectivity index (χ0) is 16.3. The Bertz CT molecular complexity index is 537. The zero-order valence-electron chi connectivity index (χ0n) is 14.1. The van der Waals surface area contributed by atoms with Crippen LogP contribution in [0.1, 0.15) is 12.8 Å². The molecule has 1 atom stereocenters. The van der Waals surface area contributed by atoms with E-state index in [-0.39, 0.29) is 11.4 Å². The van der Waals surface area contributed by atoms with Gasteiger partial charge in [0.2, 0.25) is 0 Å². The number of ether oxygens (including phenoxy) is 1. The molecule has 0 saturated carbocycles. The molecule has 2 aliphatic heterocycles. The van der Waals surface area contributed by atoms with E-state index in [0.29, 0.717) is 0 Å². The first-order valence-corrected chi connectivity index (χ1v) is 8.29. The van der Waals surface area contributed by atoms with Crippen LogP contribution < -0.4 is 4.90 Å². The minimum atomic E-state index is 0.0102. The summed E-state index contributed by atoms with van der Waals surface area (Å²) >= 11 is 0. The van der Waals surface area contributed by atoms with Crippen molar-refractivity contribution in [2.24, 2.45) is 5.41 Å². The molecule has 2 amide bonds. The third-order valence-corrected chi connectivity index (χ3v) is 4.77. The standard InChI is InChI=1S/C17H26N4O2/c1-19(2)16(22)21-8-4-6-17(13-21)12-20(9-10-23-14-17)15-5-3-7-18-11-15/h3,5,7,11H,4,6,8-10,12-14H2,1-2H3. The van der Waals surface area contributed by atoms with Gasteiger partial charge in [-0.2, -0.15) is 0 Å². The summed E-state index contributed by atoms with van der Waals surface area (Å²) in [7, 11) is 3.63. The number of urea groups is 1. The van der Waals surface area contributed by atoms with Gasteiger partial charge in [0.25, 0.3) is 0 Å². The van der Waals surface area contributed by atoms with E-state index in [9.17, 15) is 4.79 Å². The topological polar surface area (TPSA) is 48.9 Å². The maximum Gasteiger partial charge on any atom is 0.319 e. The number of anilines is 1. The summed E-state index contributed by atoms with van der Waals surface area (Å²) in [5.74, 6) is 0. The van der Waals surface area contributed by atoms with Gasteiger partial charge < -0.3 is 19.4 Å². The highest BCUT2D eigenvalue weighted by atomic mass is 16.5. The Morgan fingerprint density at radius 1 is 1.35 bits per heavy atom. The number of hydrogen-bond donors (Lipinski definition) is 0. The van der Waals surface area contributed by atoms with Crippen molar-refractivity contribution < 1.29 is 9.53 Å². The number of pyridine rings is 1. The van der Waals surface area contributed by atoms with Gasteiger partial charge >= 0.3 is 6.03 Å². The molecule has 1 aromatic heterocycles. The molecular formula is C17H26N4O2. The fourth-order valence-electron chi connectivity index (χ4n) is 3.66. The van der Waals surface area contributed by atoms with E-state index in [4.69, 9.17) is 4.74 Å². The molecular weight excluding hydrogens is 292 g/mol. The van der Waals surface area contributed by atoms with Gasteiger partial charge in [-0.15, -0.1) is 0 Å². The summed E-state index contributed by atoms with van der Waals surface area (Å²) in [5, 5.41) is 0. The second-order valence-electron chi connectivity index (χ2n) is 6.89. The molecule has 6 heteroatoms. The SMILES string of the molecule is CN(C)C(=O)N1CCCC2(COCCN(c3cccnc3)C2)C1. The third kappa shape index (κ3) is 3.58. The zero-order valence-corrected chi connectivity index (χ0v) is 14.1. The van der Waals surface area contributed by atoms with Crippen LogP contribution in [-0.2, 0) is 4.74 Å². The molecule has 1 spiro atoms. The van der Waals surface area contributed by atoms with Crippen molar-refractivity contribution in [2.75, 3.05) is 58.4 Å². The van der Waals surface area contributed by atoms with Crippen molar-refractivity contribution in [3.8, 4) is 0 Å². The Morgan fingerprint density at radius 2 is 2.22 bits per heavy atom. The van der Waals surface area contributed by atoms with Crippen molar-refractivity contribution >= 4 is 11.7 Å². The molecule has 2 aliphatic rings. The Balaban J connectivity index is 1.77. The first-order chi connectivity index (χ1) is 11.1. The van der Waals surface area contributed by atoms with Gasteiger partial charge in [0.05, 0.1) is 25.1 Å². The van der Waals surface area contributed by atoms with Crippen LogP contribution in [0.5, 0.6) is 0 Å². The van der Waals surface area contributed by atoms with E-state index >= 15 is 0 Å². The average Bonchev–Trinajstić information content (AvgIpc) is 2.77. The van der Waals surface area contributed by atoms with Crippen LogP contribution in [0.3, 0.4) is 0 Å². The maximum absolute atomic E-state index is 12.3. The Labute approximate surface area is 138 Å². The molecule has 3 rings (SSSR count). The number of hydrogen-bond acceptors (Lipinski definition) is 4. The molecule has 0 N–H and O–H groups in total. The molecule has 2 fully saturated rings. The second-order valence-corrected chi connectivity index (χ2v) is 6.89. The van der Waals surface area contributed by atoms with Crippen molar-refractivity contribution in [2.45, 2.75) is 12.8 Å². The average molecular weight is 318 g/mol. The summed E-state index contributed by atoms with van der Waals surface area (Å²) in [6, 6.07) is 4.16. The Kier molecular flexibility index (Phi) is 4.71. The van der Waals surface area contributed by atoms with Gasteiger partial charge in [-0.1, -0.05) is 0 Å². The maximum atomic E-state index is 12.3. The number of amides is 2. The van der Waals surface area contributed by atoms with Crippen LogP contribution in [0.2, 0.25) is 0 Å². The lowest BCUT2D eigenvalue weighted by Crippen LogP contribution is -2.54. The summed E-state index contributed by atoms with van der Waals surface area (Å²) in [5.41, 5.74) is 1.14. The minimum absolute atomic E-state index is 0.0102.